The summed E-state index contributed by atoms with van der Waals surface area (Å²) >= 11 is 0. The van der Waals surface area contributed by atoms with Crippen molar-refractivity contribution in [3.8, 4) is 0 Å². The van der Waals surface area contributed by atoms with Crippen LogP contribution in [0.5, 0.6) is 0 Å². The second kappa shape index (κ2) is 10.0. The van der Waals surface area contributed by atoms with Crippen molar-refractivity contribution in [2.75, 3.05) is 52.5 Å². The van der Waals surface area contributed by atoms with E-state index in [0.717, 1.165) is 41.2 Å². The van der Waals surface area contributed by atoms with E-state index in [4.69, 9.17) is 4.74 Å². The van der Waals surface area contributed by atoms with Gasteiger partial charge in [0, 0.05) is 51.4 Å². The molecule has 184 valence electrons. The Kier molecular flexibility index (Phi) is 7.27. The number of morpholine rings is 1. The Morgan fingerprint density at radius 2 is 1.59 bits per heavy atom. The molecule has 2 saturated heterocycles. The molecule has 1 amide bonds. The summed E-state index contributed by atoms with van der Waals surface area (Å²) < 4.78 is 71.3. The molecule has 0 atom stereocenters. The summed E-state index contributed by atoms with van der Waals surface area (Å²) in [5.74, 6) is -0.194. The van der Waals surface area contributed by atoms with Gasteiger partial charge in [-0.05, 0) is 35.9 Å². The van der Waals surface area contributed by atoms with Gasteiger partial charge in [0.1, 0.15) is 0 Å². The number of halogens is 3. The lowest BCUT2D eigenvalue weighted by molar-refractivity contribution is -0.137. The van der Waals surface area contributed by atoms with E-state index in [1.165, 1.54) is 0 Å². The van der Waals surface area contributed by atoms with E-state index in [0.29, 0.717) is 31.4 Å². The second-order valence-electron chi connectivity index (χ2n) is 8.31. The molecule has 0 aromatic heterocycles. The monoisotopic (exact) mass is 497 g/mol. The molecule has 0 bridgehead atoms. The topological polar surface area (TPSA) is 70.2 Å². The Labute approximate surface area is 196 Å². The van der Waals surface area contributed by atoms with E-state index in [1.807, 2.05) is 18.2 Å². The molecule has 7 nitrogen and oxygen atoms in total. The van der Waals surface area contributed by atoms with E-state index in [-0.39, 0.29) is 32.1 Å². The summed E-state index contributed by atoms with van der Waals surface area (Å²) in [5.41, 5.74) is 0.526. The minimum Gasteiger partial charge on any atom is -0.379 e. The van der Waals surface area contributed by atoms with Gasteiger partial charge in [-0.2, -0.15) is 17.5 Å². The van der Waals surface area contributed by atoms with Gasteiger partial charge in [0.15, 0.2) is 0 Å². The highest BCUT2D eigenvalue weighted by Gasteiger charge is 2.34. The molecule has 0 radical (unpaired) electrons. The number of carbonyl (C=O) groups is 1. The van der Waals surface area contributed by atoms with Gasteiger partial charge < -0.3 is 9.64 Å². The van der Waals surface area contributed by atoms with Crippen molar-refractivity contribution in [1.82, 2.24) is 14.1 Å². The lowest BCUT2D eigenvalue weighted by Crippen LogP contribution is -2.50. The molecular weight excluding hydrogens is 471 g/mol. The van der Waals surface area contributed by atoms with Gasteiger partial charge in [0.05, 0.1) is 23.7 Å². The van der Waals surface area contributed by atoms with Crippen LogP contribution in [0.2, 0.25) is 0 Å². The molecule has 2 aromatic carbocycles. The first-order chi connectivity index (χ1) is 16.1. The molecular formula is C23H26F3N3O4S. The number of carbonyl (C=O) groups excluding carboxylic acids is 1. The maximum atomic E-state index is 13.0. The molecule has 2 aliphatic heterocycles. The Hall–Kier alpha value is -2.47. The normalized spacial score (nSPS) is 18.7. The number of hydrogen-bond donors (Lipinski definition) is 0. The Morgan fingerprint density at radius 3 is 2.26 bits per heavy atom. The zero-order valence-corrected chi connectivity index (χ0v) is 19.3. The maximum absolute atomic E-state index is 13.0. The highest BCUT2D eigenvalue weighted by Crippen LogP contribution is 2.31. The number of amides is 1. The van der Waals surface area contributed by atoms with Crippen LogP contribution in [0.4, 0.5) is 13.2 Å². The summed E-state index contributed by atoms with van der Waals surface area (Å²) in [6.45, 7) is 4.10. The molecule has 4 rings (SSSR count). The summed E-state index contributed by atoms with van der Waals surface area (Å²) in [6.07, 6.45) is -4.63. The minimum atomic E-state index is -4.63. The highest BCUT2D eigenvalue weighted by atomic mass is 32.2. The standard InChI is InChI=1S/C23H26F3N3O4S/c24-23(25,26)20-5-2-6-21(16-20)34(31,32)29-9-7-28(8-10-29)22(30)19-4-1-3-18(15-19)17-27-11-13-33-14-12-27/h1-6,15-16H,7-14,17H2. The number of rotatable bonds is 5. The van der Waals surface area contributed by atoms with Crippen molar-refractivity contribution in [2.45, 2.75) is 17.6 Å². The fourth-order valence-corrected chi connectivity index (χ4v) is 5.58. The second-order valence-corrected chi connectivity index (χ2v) is 10.2. The third-order valence-corrected chi connectivity index (χ3v) is 7.90. The Balaban J connectivity index is 1.40. The fourth-order valence-electron chi connectivity index (χ4n) is 4.12. The third-order valence-electron chi connectivity index (χ3n) is 6.01. The maximum Gasteiger partial charge on any atom is 0.416 e. The number of benzene rings is 2. The van der Waals surface area contributed by atoms with Gasteiger partial charge in [-0.3, -0.25) is 9.69 Å². The summed E-state index contributed by atoms with van der Waals surface area (Å²) in [7, 11) is -4.10. The smallest absolute Gasteiger partial charge is 0.379 e. The van der Waals surface area contributed by atoms with Crippen LogP contribution in [0, 0.1) is 0 Å². The third kappa shape index (κ3) is 5.60. The number of hydrogen-bond acceptors (Lipinski definition) is 5. The number of alkyl halides is 3. The molecule has 2 aliphatic rings. The van der Waals surface area contributed by atoms with Crippen LogP contribution in [-0.4, -0.2) is 80.9 Å². The van der Waals surface area contributed by atoms with Gasteiger partial charge in [0.25, 0.3) is 5.91 Å². The quantitative estimate of drug-likeness (QED) is 0.636. The summed E-state index contributed by atoms with van der Waals surface area (Å²) in [6, 6.07) is 11.1. The molecule has 34 heavy (non-hydrogen) atoms. The minimum absolute atomic E-state index is 0.0117. The van der Waals surface area contributed by atoms with E-state index in [9.17, 15) is 26.4 Å². The molecule has 2 fully saturated rings. The number of nitrogens with zero attached hydrogens (tertiary/aromatic N) is 3. The zero-order chi connectivity index (χ0) is 24.3. The van der Waals surface area contributed by atoms with E-state index < -0.39 is 26.7 Å². The predicted molar refractivity (Wildman–Crippen MR) is 119 cm³/mol. The Bertz CT molecular complexity index is 1130. The molecule has 2 heterocycles. The number of sulfonamides is 1. The van der Waals surface area contributed by atoms with Crippen molar-refractivity contribution in [3.05, 3.63) is 65.2 Å². The van der Waals surface area contributed by atoms with Gasteiger partial charge in [-0.15, -0.1) is 0 Å². The van der Waals surface area contributed by atoms with Crippen molar-refractivity contribution in [2.24, 2.45) is 0 Å². The van der Waals surface area contributed by atoms with Crippen LogP contribution in [0.3, 0.4) is 0 Å². The molecule has 0 saturated carbocycles. The molecule has 0 unspecified atom stereocenters. The summed E-state index contributed by atoms with van der Waals surface area (Å²) in [4.78, 5) is 16.5. The SMILES string of the molecule is O=C(c1cccc(CN2CCOCC2)c1)N1CCN(S(=O)(=O)c2cccc(C(F)(F)F)c2)CC1. The number of ether oxygens (including phenoxy) is 1. The average Bonchev–Trinajstić information content (AvgIpc) is 2.84. The van der Waals surface area contributed by atoms with Gasteiger partial charge in [0.2, 0.25) is 10.0 Å². The van der Waals surface area contributed by atoms with Crippen LogP contribution >= 0.6 is 0 Å². The van der Waals surface area contributed by atoms with Gasteiger partial charge >= 0.3 is 6.18 Å². The zero-order valence-electron chi connectivity index (χ0n) is 18.5. The van der Waals surface area contributed by atoms with E-state index in [2.05, 4.69) is 4.90 Å². The largest absolute Gasteiger partial charge is 0.416 e. The lowest BCUT2D eigenvalue weighted by atomic mass is 10.1. The fraction of sp³-hybridized carbons (Fsp3) is 0.435. The van der Waals surface area contributed by atoms with Crippen LogP contribution in [-0.2, 0) is 27.5 Å². The predicted octanol–water partition coefficient (Wildman–Crippen LogP) is 2.68. The van der Waals surface area contributed by atoms with Gasteiger partial charge in [-0.1, -0.05) is 18.2 Å². The van der Waals surface area contributed by atoms with E-state index in [1.54, 1.807) is 11.0 Å². The summed E-state index contributed by atoms with van der Waals surface area (Å²) in [5, 5.41) is 0. The average molecular weight is 498 g/mol. The van der Waals surface area contributed by atoms with Gasteiger partial charge in [-0.25, -0.2) is 8.42 Å². The lowest BCUT2D eigenvalue weighted by Gasteiger charge is -2.34. The molecule has 11 heteroatoms. The van der Waals surface area contributed by atoms with Crippen molar-refractivity contribution < 1.29 is 31.1 Å². The highest BCUT2D eigenvalue weighted by molar-refractivity contribution is 7.89. The molecule has 0 N–H and O–H groups in total. The number of piperazine rings is 1. The first kappa shape index (κ1) is 24.6. The van der Waals surface area contributed by atoms with Crippen LogP contribution < -0.4 is 0 Å². The van der Waals surface area contributed by atoms with Crippen molar-refractivity contribution >= 4 is 15.9 Å². The van der Waals surface area contributed by atoms with Crippen LogP contribution in [0.1, 0.15) is 21.5 Å². The first-order valence-corrected chi connectivity index (χ1v) is 12.4. The molecule has 0 spiro atoms. The van der Waals surface area contributed by atoms with Crippen molar-refractivity contribution in [1.29, 1.82) is 0 Å². The van der Waals surface area contributed by atoms with E-state index >= 15 is 0 Å². The van der Waals surface area contributed by atoms with Crippen LogP contribution in [0.15, 0.2) is 53.4 Å². The first-order valence-electron chi connectivity index (χ1n) is 11.0. The van der Waals surface area contributed by atoms with Crippen LogP contribution in [0.25, 0.3) is 0 Å². The Morgan fingerprint density at radius 1 is 0.912 bits per heavy atom. The van der Waals surface area contributed by atoms with Crippen molar-refractivity contribution in [3.63, 3.8) is 0 Å². The molecule has 0 aliphatic carbocycles. The molecule has 2 aromatic rings.